The molecular formula is C20H17N3OS. The molecule has 0 atom stereocenters. The molecule has 0 radical (unpaired) electrons. The van der Waals surface area contributed by atoms with E-state index in [1.807, 2.05) is 78.2 Å². The Kier molecular flexibility index (Phi) is 3.86. The number of anilines is 1. The molecule has 5 heteroatoms. The number of thiazole rings is 1. The van der Waals surface area contributed by atoms with Crippen LogP contribution in [0, 0.1) is 6.92 Å². The first-order valence-corrected chi connectivity index (χ1v) is 8.84. The molecule has 0 aliphatic heterocycles. The number of benzene rings is 2. The maximum atomic E-state index is 12.9. The molecule has 0 saturated carbocycles. The van der Waals surface area contributed by atoms with E-state index in [-0.39, 0.29) is 5.91 Å². The van der Waals surface area contributed by atoms with Gasteiger partial charge < -0.3 is 4.90 Å². The second-order valence-electron chi connectivity index (χ2n) is 5.86. The summed E-state index contributed by atoms with van der Waals surface area (Å²) in [6.45, 7) is 1.96. The Hall–Kier alpha value is -2.92. The standard InChI is InChI=1S/C20H17N3OS/c1-14-18(19(24)22(2)16-11-7-4-8-12-16)25-20-21-17(13-23(14)20)15-9-5-3-6-10-15/h3-13H,1-2H3. The van der Waals surface area contributed by atoms with E-state index in [1.54, 1.807) is 11.9 Å². The Morgan fingerprint density at radius 1 is 1.04 bits per heavy atom. The van der Waals surface area contributed by atoms with Gasteiger partial charge in [-0.15, -0.1) is 0 Å². The van der Waals surface area contributed by atoms with E-state index in [2.05, 4.69) is 4.98 Å². The summed E-state index contributed by atoms with van der Waals surface area (Å²) in [4.78, 5) is 20.8. The fraction of sp³-hybridized carbons (Fsp3) is 0.100. The lowest BCUT2D eigenvalue weighted by atomic mass is 10.2. The van der Waals surface area contributed by atoms with Gasteiger partial charge in [0.2, 0.25) is 0 Å². The summed E-state index contributed by atoms with van der Waals surface area (Å²) >= 11 is 1.43. The summed E-state index contributed by atoms with van der Waals surface area (Å²) in [5.41, 5.74) is 3.79. The number of amides is 1. The van der Waals surface area contributed by atoms with Gasteiger partial charge in [-0.05, 0) is 19.1 Å². The van der Waals surface area contributed by atoms with E-state index in [9.17, 15) is 4.79 Å². The monoisotopic (exact) mass is 347 g/mol. The van der Waals surface area contributed by atoms with Gasteiger partial charge in [-0.1, -0.05) is 59.9 Å². The quantitative estimate of drug-likeness (QED) is 0.541. The molecule has 4 aromatic rings. The van der Waals surface area contributed by atoms with Crippen LogP contribution >= 0.6 is 11.3 Å². The minimum Gasteiger partial charge on any atom is -0.311 e. The molecule has 2 aromatic carbocycles. The van der Waals surface area contributed by atoms with Crippen LogP contribution in [-0.4, -0.2) is 22.3 Å². The van der Waals surface area contributed by atoms with Crippen molar-refractivity contribution in [2.45, 2.75) is 6.92 Å². The second kappa shape index (κ2) is 6.18. The van der Waals surface area contributed by atoms with Crippen molar-refractivity contribution in [1.82, 2.24) is 9.38 Å². The molecule has 4 nitrogen and oxygen atoms in total. The topological polar surface area (TPSA) is 37.6 Å². The fourth-order valence-electron chi connectivity index (χ4n) is 2.82. The molecular weight excluding hydrogens is 330 g/mol. The molecule has 0 N–H and O–H groups in total. The average molecular weight is 347 g/mol. The number of nitrogens with zero attached hydrogens (tertiary/aromatic N) is 3. The van der Waals surface area contributed by atoms with Crippen molar-refractivity contribution in [3.05, 3.63) is 77.4 Å². The van der Waals surface area contributed by atoms with Crippen molar-refractivity contribution in [2.75, 3.05) is 11.9 Å². The summed E-state index contributed by atoms with van der Waals surface area (Å²) in [5.74, 6) is -0.0135. The Balaban J connectivity index is 1.71. The molecule has 0 spiro atoms. The third-order valence-corrected chi connectivity index (χ3v) is 5.41. The number of carbonyl (C=O) groups is 1. The van der Waals surface area contributed by atoms with Crippen molar-refractivity contribution in [1.29, 1.82) is 0 Å². The molecule has 1 amide bonds. The van der Waals surface area contributed by atoms with Gasteiger partial charge in [0.15, 0.2) is 4.96 Å². The molecule has 0 fully saturated rings. The predicted octanol–water partition coefficient (Wildman–Crippen LogP) is 4.65. The van der Waals surface area contributed by atoms with Crippen LogP contribution in [0.25, 0.3) is 16.2 Å². The van der Waals surface area contributed by atoms with E-state index in [0.29, 0.717) is 4.88 Å². The highest BCUT2D eigenvalue weighted by Crippen LogP contribution is 2.28. The van der Waals surface area contributed by atoms with Crippen molar-refractivity contribution in [3.63, 3.8) is 0 Å². The van der Waals surface area contributed by atoms with E-state index < -0.39 is 0 Å². The molecule has 0 unspecified atom stereocenters. The first-order chi connectivity index (χ1) is 12.1. The van der Waals surface area contributed by atoms with E-state index in [0.717, 1.165) is 27.6 Å². The van der Waals surface area contributed by atoms with Crippen LogP contribution in [0.5, 0.6) is 0 Å². The van der Waals surface area contributed by atoms with Crippen LogP contribution in [0.4, 0.5) is 5.69 Å². The van der Waals surface area contributed by atoms with Crippen molar-refractivity contribution in [3.8, 4) is 11.3 Å². The third-order valence-electron chi connectivity index (χ3n) is 4.27. The van der Waals surface area contributed by atoms with Gasteiger partial charge in [-0.25, -0.2) is 4.98 Å². The van der Waals surface area contributed by atoms with Crippen LogP contribution in [0.2, 0.25) is 0 Å². The third kappa shape index (κ3) is 2.72. The highest BCUT2D eigenvalue weighted by molar-refractivity contribution is 7.19. The number of carbonyl (C=O) groups excluding carboxylic acids is 1. The smallest absolute Gasteiger partial charge is 0.270 e. The first-order valence-electron chi connectivity index (χ1n) is 8.02. The summed E-state index contributed by atoms with van der Waals surface area (Å²) < 4.78 is 2.00. The van der Waals surface area contributed by atoms with Gasteiger partial charge in [0, 0.05) is 30.2 Å². The van der Waals surface area contributed by atoms with Crippen molar-refractivity contribution >= 4 is 27.9 Å². The van der Waals surface area contributed by atoms with Crippen LogP contribution in [0.1, 0.15) is 15.4 Å². The number of para-hydroxylation sites is 1. The van der Waals surface area contributed by atoms with Gasteiger partial charge in [0.1, 0.15) is 4.88 Å². The van der Waals surface area contributed by atoms with Crippen molar-refractivity contribution < 1.29 is 4.79 Å². The number of hydrogen-bond donors (Lipinski definition) is 0. The predicted molar refractivity (Wildman–Crippen MR) is 102 cm³/mol. The summed E-state index contributed by atoms with van der Waals surface area (Å²) in [6, 6.07) is 19.7. The molecule has 2 heterocycles. The lowest BCUT2D eigenvalue weighted by Gasteiger charge is -2.16. The summed E-state index contributed by atoms with van der Waals surface area (Å²) in [7, 11) is 1.80. The zero-order valence-electron chi connectivity index (χ0n) is 14.0. The molecule has 0 aliphatic carbocycles. The lowest BCUT2D eigenvalue weighted by Crippen LogP contribution is -2.26. The van der Waals surface area contributed by atoms with Gasteiger partial charge in [0.05, 0.1) is 5.69 Å². The minimum atomic E-state index is -0.0135. The van der Waals surface area contributed by atoms with Gasteiger partial charge in [0.25, 0.3) is 5.91 Å². The number of rotatable bonds is 3. The number of imidazole rings is 1. The number of aryl methyl sites for hydroxylation is 1. The molecule has 124 valence electrons. The largest absolute Gasteiger partial charge is 0.311 e. The second-order valence-corrected chi connectivity index (χ2v) is 6.84. The number of fused-ring (bicyclic) bond motifs is 1. The molecule has 0 saturated heterocycles. The van der Waals surface area contributed by atoms with Crippen LogP contribution < -0.4 is 4.90 Å². The van der Waals surface area contributed by atoms with Crippen LogP contribution in [-0.2, 0) is 0 Å². The maximum absolute atomic E-state index is 12.9. The molecule has 0 bridgehead atoms. The van der Waals surface area contributed by atoms with Gasteiger partial charge in [-0.3, -0.25) is 9.20 Å². The first kappa shape index (κ1) is 15.6. The summed E-state index contributed by atoms with van der Waals surface area (Å²) in [6.07, 6.45) is 2.00. The Morgan fingerprint density at radius 2 is 1.68 bits per heavy atom. The lowest BCUT2D eigenvalue weighted by molar-refractivity contribution is 0.0996. The fourth-order valence-corrected chi connectivity index (χ4v) is 3.90. The highest BCUT2D eigenvalue weighted by atomic mass is 32.1. The molecule has 25 heavy (non-hydrogen) atoms. The Bertz CT molecular complexity index is 1030. The van der Waals surface area contributed by atoms with Crippen molar-refractivity contribution in [2.24, 2.45) is 0 Å². The molecule has 2 aromatic heterocycles. The summed E-state index contributed by atoms with van der Waals surface area (Å²) in [5, 5.41) is 0. The zero-order valence-corrected chi connectivity index (χ0v) is 14.8. The Morgan fingerprint density at radius 3 is 2.32 bits per heavy atom. The SMILES string of the molecule is Cc1c(C(=O)N(C)c2ccccc2)sc2nc(-c3ccccc3)cn12. The average Bonchev–Trinajstić information content (AvgIpc) is 3.22. The van der Waals surface area contributed by atoms with Crippen LogP contribution in [0.15, 0.2) is 66.9 Å². The number of aromatic nitrogens is 2. The van der Waals surface area contributed by atoms with E-state index >= 15 is 0 Å². The van der Waals surface area contributed by atoms with Gasteiger partial charge in [-0.2, -0.15) is 0 Å². The Labute approximate surface area is 150 Å². The molecule has 4 rings (SSSR count). The van der Waals surface area contributed by atoms with Gasteiger partial charge >= 0.3 is 0 Å². The van der Waals surface area contributed by atoms with E-state index in [4.69, 9.17) is 0 Å². The van der Waals surface area contributed by atoms with E-state index in [1.165, 1.54) is 11.3 Å². The normalized spacial score (nSPS) is 11.0. The maximum Gasteiger partial charge on any atom is 0.270 e. The molecule has 0 aliphatic rings. The van der Waals surface area contributed by atoms with Crippen LogP contribution in [0.3, 0.4) is 0 Å². The minimum absolute atomic E-state index is 0.0135. The highest BCUT2D eigenvalue weighted by Gasteiger charge is 2.21. The number of hydrogen-bond acceptors (Lipinski definition) is 3. The zero-order chi connectivity index (χ0) is 17.4.